The summed E-state index contributed by atoms with van der Waals surface area (Å²) in [7, 11) is 0. The first-order valence-electron chi connectivity index (χ1n) is 12.8. The molecule has 1 aliphatic heterocycles. The number of pyridine rings is 1. The number of nitrogens with one attached hydrogen (secondary N) is 1. The molecule has 7 rings (SSSR count). The Morgan fingerprint density at radius 2 is 1.72 bits per heavy atom. The number of hydrogen-bond acceptors (Lipinski definition) is 8. The number of nitrogens with zero attached hydrogens (tertiary/aromatic N) is 8. The van der Waals surface area contributed by atoms with Crippen molar-refractivity contribution >= 4 is 17.5 Å². The van der Waals surface area contributed by atoms with Gasteiger partial charge in [-0.2, -0.15) is 10.1 Å². The van der Waals surface area contributed by atoms with Crippen molar-refractivity contribution in [3.05, 3.63) is 96.6 Å². The summed E-state index contributed by atoms with van der Waals surface area (Å²) >= 11 is 1.51. The average molecular weight is 532 g/mol. The topological polar surface area (TPSA) is 101 Å². The Labute approximate surface area is 229 Å². The molecule has 1 N–H and O–H groups in total. The summed E-state index contributed by atoms with van der Waals surface area (Å²) in [6, 6.07) is 24.8. The Kier molecular flexibility index (Phi) is 6.10. The number of H-pyrrole nitrogens is 1. The number of aromatic amines is 1. The van der Waals surface area contributed by atoms with E-state index in [1.165, 1.54) is 17.3 Å². The van der Waals surface area contributed by atoms with E-state index in [0.717, 1.165) is 59.4 Å². The van der Waals surface area contributed by atoms with Gasteiger partial charge in [0, 0.05) is 49.1 Å². The van der Waals surface area contributed by atoms with Crippen molar-refractivity contribution in [2.75, 3.05) is 19.3 Å². The predicted molar refractivity (Wildman–Crippen MR) is 151 cm³/mol. The maximum Gasteiger partial charge on any atom is 0.253 e. The Bertz CT molecular complexity index is 1720. The highest BCUT2D eigenvalue weighted by Gasteiger charge is 2.31. The molecule has 2 aromatic carbocycles. The number of rotatable bonds is 7. The Morgan fingerprint density at radius 3 is 2.49 bits per heavy atom. The number of likely N-dealkylation sites (tertiary alicyclic amines) is 1. The van der Waals surface area contributed by atoms with Crippen molar-refractivity contribution in [1.29, 1.82) is 0 Å². The lowest BCUT2D eigenvalue weighted by Crippen LogP contribution is -2.44. The molecule has 10 heteroatoms. The van der Waals surface area contributed by atoms with Crippen LogP contribution in [0.15, 0.2) is 90.3 Å². The molecule has 0 aliphatic carbocycles. The van der Waals surface area contributed by atoms with E-state index in [-0.39, 0.29) is 0 Å². The molecule has 1 aliphatic rings. The van der Waals surface area contributed by atoms with Crippen LogP contribution in [0, 0.1) is 0 Å². The molecular weight excluding hydrogens is 506 g/mol. The maximum atomic E-state index is 4.92. The van der Waals surface area contributed by atoms with Gasteiger partial charge in [0.25, 0.3) is 5.78 Å². The standard InChI is InChI=1S/C29H25N9S/c1-39-29-33-28-31-25(23(18-38(28)36-29)20-7-3-2-4-8-20)21-12-10-19(11-13-21)15-37-16-22(17-37)26-32-27(35-34-26)24-9-5-6-14-30-24/h2-14,18,22H,15-17H2,1H3,(H,32,34,35). The zero-order chi connectivity index (χ0) is 26.2. The van der Waals surface area contributed by atoms with Crippen LogP contribution in [0.3, 0.4) is 0 Å². The molecule has 0 saturated carbocycles. The monoisotopic (exact) mass is 531 g/mol. The van der Waals surface area contributed by atoms with Gasteiger partial charge in [0.15, 0.2) is 11.6 Å². The van der Waals surface area contributed by atoms with Crippen molar-refractivity contribution in [1.82, 2.24) is 44.6 Å². The van der Waals surface area contributed by atoms with Crippen LogP contribution in [-0.4, -0.2) is 64.0 Å². The van der Waals surface area contributed by atoms with E-state index in [1.54, 1.807) is 10.7 Å². The van der Waals surface area contributed by atoms with Crippen LogP contribution in [-0.2, 0) is 6.54 Å². The molecule has 1 fully saturated rings. The first-order chi connectivity index (χ1) is 19.2. The molecule has 0 bridgehead atoms. The molecule has 0 radical (unpaired) electrons. The molecule has 0 amide bonds. The summed E-state index contributed by atoms with van der Waals surface area (Å²) in [5.41, 5.74) is 6.14. The van der Waals surface area contributed by atoms with E-state index in [1.807, 2.05) is 48.9 Å². The predicted octanol–water partition coefficient (Wildman–Crippen LogP) is 4.96. The van der Waals surface area contributed by atoms with Crippen LogP contribution in [0.1, 0.15) is 17.3 Å². The largest absolute Gasteiger partial charge is 0.298 e. The molecule has 0 atom stereocenters. The molecule has 9 nitrogen and oxygen atoms in total. The first kappa shape index (κ1) is 23.7. The Hall–Kier alpha value is -4.41. The van der Waals surface area contributed by atoms with E-state index >= 15 is 0 Å². The highest BCUT2D eigenvalue weighted by atomic mass is 32.2. The summed E-state index contributed by atoms with van der Waals surface area (Å²) in [6.07, 6.45) is 5.76. The lowest BCUT2D eigenvalue weighted by atomic mass is 9.97. The van der Waals surface area contributed by atoms with Crippen molar-refractivity contribution in [3.63, 3.8) is 0 Å². The molecule has 192 valence electrons. The van der Waals surface area contributed by atoms with Crippen LogP contribution in [0.25, 0.3) is 39.7 Å². The SMILES string of the molecule is CSc1nc2nc(-c3ccc(CN4CC(c5n[nH]c(-c6ccccn6)n5)C4)cc3)c(-c3ccccc3)cn2n1. The van der Waals surface area contributed by atoms with Crippen LogP contribution < -0.4 is 0 Å². The van der Waals surface area contributed by atoms with Gasteiger partial charge in [-0.1, -0.05) is 72.4 Å². The van der Waals surface area contributed by atoms with Crippen molar-refractivity contribution in [3.8, 4) is 33.9 Å². The second-order valence-electron chi connectivity index (χ2n) is 9.56. The third kappa shape index (κ3) is 4.68. The third-order valence-corrected chi connectivity index (χ3v) is 7.48. The van der Waals surface area contributed by atoms with E-state index in [2.05, 4.69) is 71.5 Å². The van der Waals surface area contributed by atoms with Gasteiger partial charge >= 0.3 is 0 Å². The highest BCUT2D eigenvalue weighted by molar-refractivity contribution is 7.98. The third-order valence-electron chi connectivity index (χ3n) is 6.95. The van der Waals surface area contributed by atoms with E-state index in [9.17, 15) is 0 Å². The first-order valence-corrected chi connectivity index (χ1v) is 14.0. The van der Waals surface area contributed by atoms with Gasteiger partial charge in [-0.3, -0.25) is 15.0 Å². The van der Waals surface area contributed by atoms with Crippen molar-refractivity contribution in [2.24, 2.45) is 0 Å². The lowest BCUT2D eigenvalue weighted by molar-refractivity contribution is 0.135. The number of benzene rings is 2. The number of thioether (sulfide) groups is 1. The molecule has 4 aromatic heterocycles. The van der Waals surface area contributed by atoms with Gasteiger partial charge in [-0.15, -0.1) is 5.10 Å². The lowest BCUT2D eigenvalue weighted by Gasteiger charge is -2.37. The van der Waals surface area contributed by atoms with Gasteiger partial charge < -0.3 is 0 Å². The fourth-order valence-corrected chi connectivity index (χ4v) is 5.24. The summed E-state index contributed by atoms with van der Waals surface area (Å²) in [6.45, 7) is 2.75. The fourth-order valence-electron chi connectivity index (χ4n) is 4.90. The van der Waals surface area contributed by atoms with Crippen LogP contribution in [0.5, 0.6) is 0 Å². The van der Waals surface area contributed by atoms with Crippen LogP contribution in [0.4, 0.5) is 0 Å². The van der Waals surface area contributed by atoms with Gasteiger partial charge in [0.05, 0.1) is 5.69 Å². The minimum absolute atomic E-state index is 0.330. The Morgan fingerprint density at radius 1 is 0.897 bits per heavy atom. The zero-order valence-electron chi connectivity index (χ0n) is 21.3. The second kappa shape index (κ2) is 10.0. The van der Waals surface area contributed by atoms with E-state index in [0.29, 0.717) is 16.9 Å². The van der Waals surface area contributed by atoms with Crippen LogP contribution >= 0.6 is 11.8 Å². The zero-order valence-corrected chi connectivity index (χ0v) is 22.1. The molecule has 1 saturated heterocycles. The second-order valence-corrected chi connectivity index (χ2v) is 10.3. The number of fused-ring (bicyclic) bond motifs is 1. The average Bonchev–Trinajstić information content (AvgIpc) is 3.62. The molecule has 0 unspecified atom stereocenters. The minimum atomic E-state index is 0.330. The summed E-state index contributed by atoms with van der Waals surface area (Å²) in [5, 5.41) is 12.7. The van der Waals surface area contributed by atoms with Crippen molar-refractivity contribution in [2.45, 2.75) is 17.6 Å². The summed E-state index contributed by atoms with van der Waals surface area (Å²) in [4.78, 5) is 20.9. The molecule has 0 spiro atoms. The van der Waals surface area contributed by atoms with Gasteiger partial charge in [-0.25, -0.2) is 14.5 Å². The maximum absolute atomic E-state index is 4.92. The highest BCUT2D eigenvalue weighted by Crippen LogP contribution is 2.32. The van der Waals surface area contributed by atoms with Gasteiger partial charge in [0.2, 0.25) is 5.16 Å². The fraction of sp³-hybridized carbons (Fsp3) is 0.172. The van der Waals surface area contributed by atoms with E-state index in [4.69, 9.17) is 4.98 Å². The smallest absolute Gasteiger partial charge is 0.253 e. The number of hydrogen-bond donors (Lipinski definition) is 1. The molecule has 39 heavy (non-hydrogen) atoms. The van der Waals surface area contributed by atoms with Crippen molar-refractivity contribution < 1.29 is 0 Å². The molecule has 6 aromatic rings. The summed E-state index contributed by atoms with van der Waals surface area (Å²) < 4.78 is 1.76. The quantitative estimate of drug-likeness (QED) is 0.289. The molecule has 5 heterocycles. The van der Waals surface area contributed by atoms with Crippen LogP contribution in [0.2, 0.25) is 0 Å². The van der Waals surface area contributed by atoms with E-state index < -0.39 is 0 Å². The normalized spacial score (nSPS) is 14.1. The Balaban J connectivity index is 1.07. The number of aromatic nitrogens is 8. The summed E-state index contributed by atoms with van der Waals surface area (Å²) in [5.74, 6) is 2.51. The molecular formula is C29H25N9S. The van der Waals surface area contributed by atoms with Gasteiger partial charge in [-0.05, 0) is 29.5 Å². The van der Waals surface area contributed by atoms with Gasteiger partial charge in [0.1, 0.15) is 5.69 Å². The minimum Gasteiger partial charge on any atom is -0.298 e.